The smallest absolute Gasteiger partial charge is 0.225 e. The molecule has 3 N–H and O–H groups in total. The fourth-order valence-electron chi connectivity index (χ4n) is 2.69. The molecular weight excluding hydrogens is 336 g/mol. The molecule has 0 unspecified atom stereocenters. The molecule has 0 saturated heterocycles. The molecule has 0 bridgehead atoms. The summed E-state index contributed by atoms with van der Waals surface area (Å²) in [4.78, 5) is 12.7. The van der Waals surface area contributed by atoms with Crippen molar-refractivity contribution < 1.29 is 4.79 Å². The molecule has 1 aromatic rings. The third-order valence-electron chi connectivity index (χ3n) is 3.84. The van der Waals surface area contributed by atoms with Gasteiger partial charge in [0.2, 0.25) is 5.91 Å². The molecule has 1 aliphatic rings. The Labute approximate surface area is 133 Å². The lowest BCUT2D eigenvalue weighted by Gasteiger charge is -2.37. The average molecular weight is 355 g/mol. The van der Waals surface area contributed by atoms with Gasteiger partial charge in [-0.25, -0.2) is 0 Å². The summed E-state index contributed by atoms with van der Waals surface area (Å²) < 4.78 is 1.01. The lowest BCUT2D eigenvalue weighted by atomic mass is 9.81. The van der Waals surface area contributed by atoms with Crippen LogP contribution >= 0.6 is 28.1 Å². The normalized spacial score (nSPS) is 17.4. The summed E-state index contributed by atoms with van der Waals surface area (Å²) in [6, 6.07) is 7.76. The van der Waals surface area contributed by atoms with Gasteiger partial charge < -0.3 is 11.1 Å². The van der Waals surface area contributed by atoms with Gasteiger partial charge >= 0.3 is 0 Å². The summed E-state index contributed by atoms with van der Waals surface area (Å²) in [6.07, 6.45) is 5.39. The molecular formula is C15H19BrN2OS. The number of carbonyl (C=O) groups excluding carboxylic acids is 1. The highest BCUT2D eigenvalue weighted by molar-refractivity contribution is 9.10. The largest absolute Gasteiger partial charge is 0.391 e. The van der Waals surface area contributed by atoms with Crippen LogP contribution in [0.2, 0.25) is 0 Å². The fourth-order valence-corrected chi connectivity index (χ4v) is 3.21. The monoisotopic (exact) mass is 354 g/mol. The molecule has 20 heavy (non-hydrogen) atoms. The number of hydrogen-bond acceptors (Lipinski definition) is 2. The highest BCUT2D eigenvalue weighted by Gasteiger charge is 2.36. The van der Waals surface area contributed by atoms with Crippen LogP contribution in [0.1, 0.15) is 37.7 Å². The second-order valence-corrected chi connectivity index (χ2v) is 6.71. The quantitative estimate of drug-likeness (QED) is 0.816. The van der Waals surface area contributed by atoms with E-state index >= 15 is 0 Å². The van der Waals surface area contributed by atoms with E-state index in [0.717, 1.165) is 35.7 Å². The second-order valence-electron chi connectivity index (χ2n) is 5.36. The van der Waals surface area contributed by atoms with E-state index < -0.39 is 5.54 Å². The van der Waals surface area contributed by atoms with Gasteiger partial charge in [0.25, 0.3) is 0 Å². The van der Waals surface area contributed by atoms with E-state index in [0.29, 0.717) is 11.4 Å². The number of nitrogens with one attached hydrogen (secondary N) is 1. The van der Waals surface area contributed by atoms with Crippen molar-refractivity contribution in [1.82, 2.24) is 5.32 Å². The number of amides is 1. The Morgan fingerprint density at radius 2 is 1.85 bits per heavy atom. The van der Waals surface area contributed by atoms with Gasteiger partial charge in [-0.05, 0) is 30.5 Å². The molecule has 1 amide bonds. The molecule has 108 valence electrons. The number of nitrogens with two attached hydrogens (primary N) is 1. The lowest BCUT2D eigenvalue weighted by Crippen LogP contribution is -2.58. The Kier molecular flexibility index (Phi) is 5.16. The summed E-state index contributed by atoms with van der Waals surface area (Å²) >= 11 is 8.57. The standard InChI is InChI=1S/C15H19BrN2OS/c16-12-6-4-11(5-7-12)10-13(19)18-15(14(17)20)8-2-1-3-9-15/h4-7H,1-3,8-10H2,(H2,17,20)(H,18,19). The molecule has 0 radical (unpaired) electrons. The van der Waals surface area contributed by atoms with E-state index in [1.807, 2.05) is 24.3 Å². The maximum absolute atomic E-state index is 12.2. The maximum atomic E-state index is 12.2. The summed E-state index contributed by atoms with van der Waals surface area (Å²) in [5.41, 5.74) is 6.39. The van der Waals surface area contributed by atoms with Crippen LogP contribution < -0.4 is 11.1 Å². The summed E-state index contributed by atoms with van der Waals surface area (Å²) in [5, 5.41) is 3.08. The molecule has 5 heteroatoms. The molecule has 1 aromatic carbocycles. The summed E-state index contributed by atoms with van der Waals surface area (Å²) in [6.45, 7) is 0. The van der Waals surface area contributed by atoms with Crippen LogP contribution in [-0.4, -0.2) is 16.4 Å². The van der Waals surface area contributed by atoms with Crippen molar-refractivity contribution in [2.45, 2.75) is 44.1 Å². The van der Waals surface area contributed by atoms with Crippen molar-refractivity contribution in [3.05, 3.63) is 34.3 Å². The lowest BCUT2D eigenvalue weighted by molar-refractivity contribution is -0.121. The number of halogens is 1. The Hall–Kier alpha value is -0.940. The van der Waals surface area contributed by atoms with Crippen molar-refractivity contribution in [2.24, 2.45) is 5.73 Å². The molecule has 1 saturated carbocycles. The Balaban J connectivity index is 2.01. The van der Waals surface area contributed by atoms with Gasteiger partial charge in [-0.1, -0.05) is 59.5 Å². The Morgan fingerprint density at radius 3 is 2.40 bits per heavy atom. The zero-order valence-electron chi connectivity index (χ0n) is 11.3. The van der Waals surface area contributed by atoms with Crippen LogP contribution in [0.4, 0.5) is 0 Å². The van der Waals surface area contributed by atoms with Gasteiger partial charge in [-0.15, -0.1) is 0 Å². The van der Waals surface area contributed by atoms with E-state index in [1.54, 1.807) is 0 Å². The van der Waals surface area contributed by atoms with E-state index in [4.69, 9.17) is 18.0 Å². The second kappa shape index (κ2) is 6.68. The van der Waals surface area contributed by atoms with Gasteiger partial charge in [0, 0.05) is 4.47 Å². The molecule has 1 aliphatic carbocycles. The van der Waals surface area contributed by atoms with Gasteiger partial charge in [-0.3, -0.25) is 4.79 Å². The highest BCUT2D eigenvalue weighted by atomic mass is 79.9. The first-order valence-electron chi connectivity index (χ1n) is 6.87. The van der Waals surface area contributed by atoms with Crippen LogP contribution in [0, 0.1) is 0 Å². The van der Waals surface area contributed by atoms with E-state index in [-0.39, 0.29) is 5.91 Å². The highest BCUT2D eigenvalue weighted by Crippen LogP contribution is 2.28. The number of benzene rings is 1. The van der Waals surface area contributed by atoms with Crippen molar-refractivity contribution in [3.63, 3.8) is 0 Å². The van der Waals surface area contributed by atoms with E-state index in [1.165, 1.54) is 6.42 Å². The summed E-state index contributed by atoms with van der Waals surface area (Å²) in [7, 11) is 0. The molecule has 3 nitrogen and oxygen atoms in total. The van der Waals surface area contributed by atoms with Crippen molar-refractivity contribution in [3.8, 4) is 0 Å². The predicted octanol–water partition coefficient (Wildman–Crippen LogP) is 3.10. The fraction of sp³-hybridized carbons (Fsp3) is 0.467. The van der Waals surface area contributed by atoms with Gasteiger partial charge in [0.15, 0.2) is 0 Å². The predicted molar refractivity (Wildman–Crippen MR) is 88.6 cm³/mol. The minimum atomic E-state index is -0.472. The third-order valence-corrected chi connectivity index (χ3v) is 4.75. The first kappa shape index (κ1) is 15.4. The minimum Gasteiger partial charge on any atom is -0.391 e. The Bertz CT molecular complexity index is 495. The average Bonchev–Trinajstić information content (AvgIpc) is 2.42. The van der Waals surface area contributed by atoms with Gasteiger partial charge in [0.05, 0.1) is 16.9 Å². The molecule has 0 aliphatic heterocycles. The molecule has 0 spiro atoms. The van der Waals surface area contributed by atoms with Crippen molar-refractivity contribution >= 4 is 39.0 Å². The first-order valence-corrected chi connectivity index (χ1v) is 8.07. The molecule has 0 atom stereocenters. The van der Waals surface area contributed by atoms with Crippen LogP contribution in [-0.2, 0) is 11.2 Å². The molecule has 2 rings (SSSR count). The third kappa shape index (κ3) is 3.79. The van der Waals surface area contributed by atoms with E-state index in [2.05, 4.69) is 21.2 Å². The van der Waals surface area contributed by atoms with Crippen LogP contribution in [0.3, 0.4) is 0 Å². The van der Waals surface area contributed by atoms with Crippen molar-refractivity contribution in [1.29, 1.82) is 0 Å². The number of thiocarbonyl (C=S) groups is 1. The summed E-state index contributed by atoms with van der Waals surface area (Å²) in [5.74, 6) is -0.0120. The molecule has 0 heterocycles. The Morgan fingerprint density at radius 1 is 1.25 bits per heavy atom. The van der Waals surface area contributed by atoms with Gasteiger partial charge in [-0.2, -0.15) is 0 Å². The molecule has 1 fully saturated rings. The van der Waals surface area contributed by atoms with Gasteiger partial charge in [0.1, 0.15) is 0 Å². The molecule has 0 aromatic heterocycles. The zero-order chi connectivity index (χ0) is 14.6. The van der Waals surface area contributed by atoms with Crippen LogP contribution in [0.15, 0.2) is 28.7 Å². The number of hydrogen-bond donors (Lipinski definition) is 2. The van der Waals surface area contributed by atoms with Crippen LogP contribution in [0.25, 0.3) is 0 Å². The first-order chi connectivity index (χ1) is 9.52. The number of rotatable bonds is 4. The van der Waals surface area contributed by atoms with E-state index in [9.17, 15) is 4.79 Å². The topological polar surface area (TPSA) is 55.1 Å². The van der Waals surface area contributed by atoms with Crippen molar-refractivity contribution in [2.75, 3.05) is 0 Å². The number of carbonyl (C=O) groups is 1. The van der Waals surface area contributed by atoms with Crippen LogP contribution in [0.5, 0.6) is 0 Å². The maximum Gasteiger partial charge on any atom is 0.225 e. The SMILES string of the molecule is NC(=S)C1(NC(=O)Cc2ccc(Br)cc2)CCCCC1. The zero-order valence-corrected chi connectivity index (χ0v) is 13.7. The minimum absolute atomic E-state index is 0.0120.